The molecule has 0 aliphatic rings. The third-order valence-electron chi connectivity index (χ3n) is 2.33. The normalized spacial score (nSPS) is 10.9. The van der Waals surface area contributed by atoms with Crippen LogP contribution in [-0.4, -0.2) is 14.9 Å². The van der Waals surface area contributed by atoms with E-state index in [2.05, 4.69) is 10.3 Å². The molecule has 18 heavy (non-hydrogen) atoms. The second kappa shape index (κ2) is 4.02. The van der Waals surface area contributed by atoms with Gasteiger partial charge in [-0.2, -0.15) is 4.68 Å². The van der Waals surface area contributed by atoms with E-state index < -0.39 is 5.76 Å². The number of hydrogen-bond donors (Lipinski definition) is 0. The van der Waals surface area contributed by atoms with Gasteiger partial charge >= 0.3 is 5.76 Å². The van der Waals surface area contributed by atoms with Gasteiger partial charge in [-0.25, -0.2) is 4.79 Å². The fourth-order valence-corrected chi connectivity index (χ4v) is 1.55. The molecule has 0 aliphatic carbocycles. The molecule has 3 aromatic rings. The third kappa shape index (κ3) is 1.86. The van der Waals surface area contributed by atoms with Crippen LogP contribution < -0.4 is 5.76 Å². The van der Waals surface area contributed by atoms with Gasteiger partial charge in [-0.3, -0.25) is 0 Å². The topological polar surface area (TPSA) is 87.2 Å². The summed E-state index contributed by atoms with van der Waals surface area (Å²) in [6.45, 7) is 1.97. The van der Waals surface area contributed by atoms with E-state index in [9.17, 15) is 4.79 Å². The van der Waals surface area contributed by atoms with Gasteiger partial charge in [-0.05, 0) is 19.1 Å². The molecule has 0 unspecified atom stereocenters. The summed E-state index contributed by atoms with van der Waals surface area (Å²) in [4.78, 5) is 11.6. The van der Waals surface area contributed by atoms with Crippen molar-refractivity contribution in [2.45, 2.75) is 13.5 Å². The van der Waals surface area contributed by atoms with Crippen molar-refractivity contribution in [2.24, 2.45) is 0 Å². The highest BCUT2D eigenvalue weighted by molar-refractivity contribution is 5.42. The third-order valence-corrected chi connectivity index (χ3v) is 2.33. The molecular formula is C11H9N3O4. The van der Waals surface area contributed by atoms with Gasteiger partial charge in [0, 0.05) is 6.07 Å². The summed E-state index contributed by atoms with van der Waals surface area (Å²) in [5.74, 6) is 0.655. The van der Waals surface area contributed by atoms with E-state index in [1.165, 1.54) is 6.26 Å². The lowest BCUT2D eigenvalue weighted by molar-refractivity contribution is 0.386. The van der Waals surface area contributed by atoms with Gasteiger partial charge in [0.25, 0.3) is 5.89 Å². The van der Waals surface area contributed by atoms with Crippen molar-refractivity contribution in [1.29, 1.82) is 0 Å². The number of nitrogens with zero attached hydrogens (tertiary/aromatic N) is 3. The van der Waals surface area contributed by atoms with Crippen molar-refractivity contribution in [1.82, 2.24) is 14.9 Å². The predicted molar refractivity (Wildman–Crippen MR) is 58.8 cm³/mol. The molecule has 0 spiro atoms. The van der Waals surface area contributed by atoms with E-state index in [0.717, 1.165) is 4.68 Å². The Balaban J connectivity index is 1.92. The van der Waals surface area contributed by atoms with Crippen LogP contribution in [-0.2, 0) is 6.54 Å². The Morgan fingerprint density at radius 1 is 1.44 bits per heavy atom. The maximum absolute atomic E-state index is 11.6. The molecule has 0 atom stereocenters. The van der Waals surface area contributed by atoms with Crippen LogP contribution in [0.1, 0.15) is 11.5 Å². The van der Waals surface area contributed by atoms with E-state index in [1.54, 1.807) is 25.1 Å². The zero-order valence-electron chi connectivity index (χ0n) is 9.49. The molecule has 0 N–H and O–H groups in total. The molecule has 0 aliphatic heterocycles. The highest BCUT2D eigenvalue weighted by Crippen LogP contribution is 2.15. The molecule has 3 rings (SSSR count). The molecule has 7 nitrogen and oxygen atoms in total. The second-order valence-corrected chi connectivity index (χ2v) is 3.74. The molecule has 0 saturated carbocycles. The summed E-state index contributed by atoms with van der Waals surface area (Å²) < 4.78 is 16.2. The molecule has 92 valence electrons. The Labute approximate surface area is 101 Å². The average Bonchev–Trinajstić information content (AvgIpc) is 3.02. The van der Waals surface area contributed by atoms with Crippen LogP contribution in [0.15, 0.2) is 42.6 Å². The van der Waals surface area contributed by atoms with Gasteiger partial charge in [-0.15, -0.1) is 5.10 Å². The summed E-state index contributed by atoms with van der Waals surface area (Å²) in [7, 11) is 0. The minimum absolute atomic E-state index is 0.144. The molecule has 0 fully saturated rings. The molecule has 0 bridgehead atoms. The van der Waals surface area contributed by atoms with Crippen LogP contribution in [0.25, 0.3) is 11.7 Å². The van der Waals surface area contributed by atoms with Crippen molar-refractivity contribution >= 4 is 0 Å². The first kappa shape index (κ1) is 10.6. The van der Waals surface area contributed by atoms with E-state index in [4.69, 9.17) is 13.4 Å². The van der Waals surface area contributed by atoms with Gasteiger partial charge in [0.05, 0.1) is 12.8 Å². The van der Waals surface area contributed by atoms with Crippen LogP contribution in [0.5, 0.6) is 0 Å². The van der Waals surface area contributed by atoms with Crippen molar-refractivity contribution < 1.29 is 13.4 Å². The Morgan fingerprint density at radius 3 is 3.00 bits per heavy atom. The van der Waals surface area contributed by atoms with Crippen LogP contribution in [0, 0.1) is 6.92 Å². The lowest BCUT2D eigenvalue weighted by atomic mass is 10.4. The molecule has 3 heterocycles. The Kier molecular flexibility index (Phi) is 2.36. The van der Waals surface area contributed by atoms with Gasteiger partial charge < -0.3 is 13.4 Å². The van der Waals surface area contributed by atoms with Crippen LogP contribution in [0.4, 0.5) is 0 Å². The fourth-order valence-electron chi connectivity index (χ4n) is 1.55. The lowest BCUT2D eigenvalue weighted by Gasteiger charge is -1.91. The minimum atomic E-state index is -0.568. The lowest BCUT2D eigenvalue weighted by Crippen LogP contribution is -2.16. The first-order valence-corrected chi connectivity index (χ1v) is 5.26. The molecular weight excluding hydrogens is 238 g/mol. The van der Waals surface area contributed by atoms with Crippen molar-refractivity contribution in [3.63, 3.8) is 0 Å². The highest BCUT2D eigenvalue weighted by Gasteiger charge is 2.13. The summed E-state index contributed by atoms with van der Waals surface area (Å²) in [6.07, 6.45) is 1.48. The van der Waals surface area contributed by atoms with Gasteiger partial charge in [0.15, 0.2) is 5.76 Å². The van der Waals surface area contributed by atoms with E-state index >= 15 is 0 Å². The summed E-state index contributed by atoms with van der Waals surface area (Å²) in [5, 5.41) is 7.80. The molecule has 7 heteroatoms. The van der Waals surface area contributed by atoms with Crippen LogP contribution in [0.2, 0.25) is 0 Å². The molecule has 0 aromatic carbocycles. The number of aryl methyl sites for hydroxylation is 1. The summed E-state index contributed by atoms with van der Waals surface area (Å²) >= 11 is 0. The highest BCUT2D eigenvalue weighted by atomic mass is 16.5. The zero-order chi connectivity index (χ0) is 12.5. The van der Waals surface area contributed by atoms with E-state index in [-0.39, 0.29) is 12.4 Å². The molecule has 0 radical (unpaired) electrons. The van der Waals surface area contributed by atoms with Crippen LogP contribution in [0.3, 0.4) is 0 Å². The largest absolute Gasteiger partial charge is 0.459 e. The van der Waals surface area contributed by atoms with Crippen molar-refractivity contribution in [3.05, 3.63) is 46.5 Å². The predicted octanol–water partition coefficient (Wildman–Crippen LogP) is 1.44. The number of aromatic nitrogens is 3. The molecule has 0 saturated heterocycles. The Morgan fingerprint density at radius 2 is 2.33 bits per heavy atom. The number of hydrogen-bond acceptors (Lipinski definition) is 6. The van der Waals surface area contributed by atoms with Crippen molar-refractivity contribution in [2.75, 3.05) is 0 Å². The van der Waals surface area contributed by atoms with Gasteiger partial charge in [-0.1, -0.05) is 5.16 Å². The molecule has 0 amide bonds. The minimum Gasteiger partial charge on any atom is -0.459 e. The first-order valence-electron chi connectivity index (χ1n) is 5.26. The van der Waals surface area contributed by atoms with E-state index in [0.29, 0.717) is 17.2 Å². The zero-order valence-corrected chi connectivity index (χ0v) is 9.49. The molecule has 3 aromatic heterocycles. The smallest absolute Gasteiger partial charge is 0.437 e. The first-order chi connectivity index (χ1) is 8.72. The maximum Gasteiger partial charge on any atom is 0.437 e. The quantitative estimate of drug-likeness (QED) is 0.695. The SMILES string of the molecule is Cc1cc(Cn2nc(-c3ccco3)oc2=O)no1. The summed E-state index contributed by atoms with van der Waals surface area (Å²) in [5.41, 5.74) is 0.605. The standard InChI is InChI=1S/C11H9N3O4/c1-7-5-8(13-18-7)6-14-11(15)17-10(12-14)9-3-2-4-16-9/h2-5H,6H2,1H3. The second-order valence-electron chi connectivity index (χ2n) is 3.74. The van der Waals surface area contributed by atoms with Gasteiger partial charge in [0.1, 0.15) is 11.5 Å². The summed E-state index contributed by atoms with van der Waals surface area (Å²) in [6, 6.07) is 5.08. The van der Waals surface area contributed by atoms with Crippen LogP contribution >= 0.6 is 0 Å². The van der Waals surface area contributed by atoms with Gasteiger partial charge in [0.2, 0.25) is 0 Å². The monoisotopic (exact) mass is 247 g/mol. The average molecular weight is 247 g/mol. The van der Waals surface area contributed by atoms with E-state index in [1.807, 2.05) is 0 Å². The Hall–Kier alpha value is -2.57. The number of furan rings is 1. The number of rotatable bonds is 3. The van der Waals surface area contributed by atoms with Crippen molar-refractivity contribution in [3.8, 4) is 11.7 Å². The fraction of sp³-hybridized carbons (Fsp3) is 0.182. The maximum atomic E-state index is 11.6. The Bertz CT molecular complexity index is 705.